The molecule has 1 heterocycles. The Bertz CT molecular complexity index is 545. The molecule has 0 saturated carbocycles. The number of anilines is 1. The summed E-state index contributed by atoms with van der Waals surface area (Å²) in [5, 5.41) is 25.6. The summed E-state index contributed by atoms with van der Waals surface area (Å²) in [4.78, 5) is 0. The molecule has 0 spiro atoms. The molecule has 0 fully saturated rings. The van der Waals surface area contributed by atoms with E-state index < -0.39 is 0 Å². The molecule has 2 rings (SSSR count). The Morgan fingerprint density at radius 3 is 2.90 bits per heavy atom. The lowest BCUT2D eigenvalue weighted by molar-refractivity contribution is 0.269. The molecule has 6 nitrogen and oxygen atoms in total. The molecule has 1 aromatic carbocycles. The van der Waals surface area contributed by atoms with Gasteiger partial charge in [-0.3, -0.25) is 4.68 Å². The molecule has 2 aromatic rings. The number of nitrogens with zero attached hydrogens (tertiary/aromatic N) is 2. The van der Waals surface area contributed by atoms with E-state index in [0.717, 1.165) is 11.3 Å². The number of hydrogen-bond acceptors (Lipinski definition) is 5. The Hall–Kier alpha value is -1.92. The second-order valence-electron chi connectivity index (χ2n) is 4.08. The van der Waals surface area contributed by atoms with Crippen LogP contribution in [0.15, 0.2) is 30.6 Å². The van der Waals surface area contributed by atoms with Crippen molar-refractivity contribution in [1.82, 2.24) is 9.78 Å². The second kappa shape index (κ2) is 7.62. The zero-order valence-corrected chi connectivity index (χ0v) is 11.9. The van der Waals surface area contributed by atoms with Crippen molar-refractivity contribution < 1.29 is 14.9 Å². The maximum Gasteiger partial charge on any atom is 0.160 e. The lowest BCUT2D eigenvalue weighted by atomic mass is 10.2. The average molecular weight is 300 g/mol. The number of benzene rings is 1. The minimum absolute atomic E-state index is 0. The first kappa shape index (κ1) is 16.1. The predicted molar refractivity (Wildman–Crippen MR) is 78.5 cm³/mol. The Balaban J connectivity index is 0.00000200. The van der Waals surface area contributed by atoms with Gasteiger partial charge in [0.05, 0.1) is 32.1 Å². The lowest BCUT2D eigenvalue weighted by Crippen LogP contribution is -2.02. The monoisotopic (exact) mass is 299 g/mol. The minimum atomic E-state index is 0. The van der Waals surface area contributed by atoms with Crippen molar-refractivity contribution in [3.8, 4) is 11.5 Å². The van der Waals surface area contributed by atoms with Crippen molar-refractivity contribution in [3.05, 3.63) is 36.2 Å². The summed E-state index contributed by atoms with van der Waals surface area (Å²) < 4.78 is 6.72. The van der Waals surface area contributed by atoms with Gasteiger partial charge in [-0.05, 0) is 17.7 Å². The molecule has 0 bridgehead atoms. The highest BCUT2D eigenvalue weighted by atomic mass is 35.5. The lowest BCUT2D eigenvalue weighted by Gasteiger charge is -2.07. The van der Waals surface area contributed by atoms with Crippen LogP contribution in [0.25, 0.3) is 0 Å². The third kappa shape index (κ3) is 4.04. The number of ether oxygens (including phenoxy) is 1. The smallest absolute Gasteiger partial charge is 0.160 e. The first-order valence-electron chi connectivity index (χ1n) is 5.96. The van der Waals surface area contributed by atoms with Crippen LogP contribution >= 0.6 is 12.4 Å². The van der Waals surface area contributed by atoms with E-state index in [0.29, 0.717) is 18.8 Å². The number of methoxy groups -OCH3 is 1. The highest BCUT2D eigenvalue weighted by Crippen LogP contribution is 2.26. The van der Waals surface area contributed by atoms with Crippen LogP contribution in [0.3, 0.4) is 0 Å². The van der Waals surface area contributed by atoms with Gasteiger partial charge in [-0.2, -0.15) is 5.10 Å². The third-order valence-corrected chi connectivity index (χ3v) is 2.70. The van der Waals surface area contributed by atoms with Crippen molar-refractivity contribution in [2.45, 2.75) is 13.1 Å². The number of aromatic nitrogens is 2. The number of halogens is 1. The van der Waals surface area contributed by atoms with Crippen molar-refractivity contribution in [2.24, 2.45) is 0 Å². The Labute approximate surface area is 123 Å². The van der Waals surface area contributed by atoms with Crippen LogP contribution in [0.5, 0.6) is 11.5 Å². The molecule has 0 aliphatic carbocycles. The van der Waals surface area contributed by atoms with Crippen LogP contribution in [-0.2, 0) is 13.1 Å². The summed E-state index contributed by atoms with van der Waals surface area (Å²) in [7, 11) is 1.52. The summed E-state index contributed by atoms with van der Waals surface area (Å²) in [5.74, 6) is 0.581. The fourth-order valence-corrected chi connectivity index (χ4v) is 1.72. The fraction of sp³-hybridized carbons (Fsp3) is 0.308. The van der Waals surface area contributed by atoms with E-state index in [1.165, 1.54) is 7.11 Å². The van der Waals surface area contributed by atoms with E-state index in [4.69, 9.17) is 9.84 Å². The highest BCUT2D eigenvalue weighted by molar-refractivity contribution is 5.85. The molecular weight excluding hydrogens is 282 g/mol. The minimum Gasteiger partial charge on any atom is -0.504 e. The molecule has 0 unspecified atom stereocenters. The molecule has 0 radical (unpaired) electrons. The van der Waals surface area contributed by atoms with Crippen LogP contribution in [0.4, 0.5) is 5.69 Å². The van der Waals surface area contributed by atoms with Gasteiger partial charge in [-0.1, -0.05) is 6.07 Å². The maximum atomic E-state index is 9.50. The van der Waals surface area contributed by atoms with Crippen LogP contribution in [0.1, 0.15) is 5.56 Å². The standard InChI is InChI=1S/C13H17N3O3.ClH/c1-19-13-6-10(2-3-12(13)18)7-14-11-8-15-16(9-11)4-5-17;/h2-3,6,8-9,14,17-18H,4-5,7H2,1H3;1H. The molecule has 0 atom stereocenters. The second-order valence-corrected chi connectivity index (χ2v) is 4.08. The zero-order valence-electron chi connectivity index (χ0n) is 11.1. The number of hydrogen-bond donors (Lipinski definition) is 3. The molecular formula is C13H18ClN3O3. The van der Waals surface area contributed by atoms with Gasteiger partial charge in [0, 0.05) is 12.7 Å². The molecule has 1 aromatic heterocycles. The van der Waals surface area contributed by atoms with Gasteiger partial charge in [-0.15, -0.1) is 12.4 Å². The van der Waals surface area contributed by atoms with Gasteiger partial charge in [-0.25, -0.2) is 0 Å². The summed E-state index contributed by atoms with van der Waals surface area (Å²) in [6.45, 7) is 1.15. The van der Waals surface area contributed by atoms with E-state index in [-0.39, 0.29) is 24.8 Å². The van der Waals surface area contributed by atoms with Gasteiger partial charge in [0.2, 0.25) is 0 Å². The van der Waals surface area contributed by atoms with Crippen molar-refractivity contribution in [3.63, 3.8) is 0 Å². The summed E-state index contributed by atoms with van der Waals surface area (Å²) in [6.07, 6.45) is 3.53. The number of aliphatic hydroxyl groups excluding tert-OH is 1. The highest BCUT2D eigenvalue weighted by Gasteiger charge is 2.03. The quantitative estimate of drug-likeness (QED) is 0.755. The van der Waals surface area contributed by atoms with E-state index >= 15 is 0 Å². The molecule has 0 aliphatic heterocycles. The van der Waals surface area contributed by atoms with Crippen LogP contribution in [0.2, 0.25) is 0 Å². The largest absolute Gasteiger partial charge is 0.504 e. The fourth-order valence-electron chi connectivity index (χ4n) is 1.72. The number of aliphatic hydroxyl groups is 1. The van der Waals surface area contributed by atoms with E-state index in [1.807, 2.05) is 12.3 Å². The van der Waals surface area contributed by atoms with Crippen LogP contribution in [0, 0.1) is 0 Å². The van der Waals surface area contributed by atoms with Gasteiger partial charge in [0.1, 0.15) is 0 Å². The predicted octanol–water partition coefficient (Wildman–Crippen LogP) is 1.62. The van der Waals surface area contributed by atoms with Gasteiger partial charge in [0.25, 0.3) is 0 Å². The molecule has 110 valence electrons. The zero-order chi connectivity index (χ0) is 13.7. The van der Waals surface area contributed by atoms with E-state index in [2.05, 4.69) is 10.4 Å². The molecule has 0 amide bonds. The molecule has 7 heteroatoms. The SMILES string of the molecule is COc1cc(CNc2cnn(CCO)c2)ccc1O.Cl. The van der Waals surface area contributed by atoms with Crippen molar-refractivity contribution in [1.29, 1.82) is 0 Å². The number of nitrogens with one attached hydrogen (secondary N) is 1. The first-order valence-corrected chi connectivity index (χ1v) is 5.96. The Morgan fingerprint density at radius 1 is 1.40 bits per heavy atom. The molecule has 0 saturated heterocycles. The normalized spacial score (nSPS) is 9.90. The number of rotatable bonds is 6. The van der Waals surface area contributed by atoms with E-state index in [1.54, 1.807) is 23.0 Å². The van der Waals surface area contributed by atoms with Gasteiger partial charge in [0.15, 0.2) is 11.5 Å². The van der Waals surface area contributed by atoms with Crippen LogP contribution in [-0.4, -0.2) is 33.7 Å². The maximum absolute atomic E-state index is 9.50. The van der Waals surface area contributed by atoms with Crippen molar-refractivity contribution in [2.75, 3.05) is 19.0 Å². The Morgan fingerprint density at radius 2 is 2.20 bits per heavy atom. The third-order valence-electron chi connectivity index (χ3n) is 2.70. The summed E-state index contributed by atoms with van der Waals surface area (Å²) in [6, 6.07) is 5.20. The number of phenolic OH excluding ortho intramolecular Hbond substituents is 1. The van der Waals surface area contributed by atoms with Gasteiger partial charge >= 0.3 is 0 Å². The number of aromatic hydroxyl groups is 1. The summed E-state index contributed by atoms with van der Waals surface area (Å²) in [5.41, 5.74) is 1.87. The number of phenols is 1. The van der Waals surface area contributed by atoms with Crippen LogP contribution < -0.4 is 10.1 Å². The average Bonchev–Trinajstić information content (AvgIpc) is 2.86. The Kier molecular flexibility index (Phi) is 6.14. The summed E-state index contributed by atoms with van der Waals surface area (Å²) >= 11 is 0. The first-order chi connectivity index (χ1) is 9.22. The molecule has 0 aliphatic rings. The molecule has 3 N–H and O–H groups in total. The van der Waals surface area contributed by atoms with E-state index in [9.17, 15) is 5.11 Å². The van der Waals surface area contributed by atoms with Gasteiger partial charge < -0.3 is 20.3 Å². The topological polar surface area (TPSA) is 79.5 Å². The molecule has 20 heavy (non-hydrogen) atoms. The van der Waals surface area contributed by atoms with Crippen molar-refractivity contribution >= 4 is 18.1 Å².